The highest BCUT2D eigenvalue weighted by Crippen LogP contribution is 2.32. The highest BCUT2D eigenvalue weighted by Gasteiger charge is 2.07. The Labute approximate surface area is 133 Å². The van der Waals surface area contributed by atoms with Crippen molar-refractivity contribution in [2.45, 2.75) is 6.61 Å². The Kier molecular flexibility index (Phi) is 4.08. The van der Waals surface area contributed by atoms with Gasteiger partial charge in [0.05, 0.1) is 5.69 Å². The van der Waals surface area contributed by atoms with Crippen molar-refractivity contribution in [1.82, 2.24) is 0 Å². The maximum atomic E-state index is 8.89. The van der Waals surface area contributed by atoms with E-state index >= 15 is 0 Å². The molecule has 1 heterocycles. The molecule has 108 valence electrons. The van der Waals surface area contributed by atoms with Crippen molar-refractivity contribution >= 4 is 17.0 Å². The lowest BCUT2D eigenvalue weighted by atomic mass is 10.1. The molecule has 0 amide bonds. The summed E-state index contributed by atoms with van der Waals surface area (Å²) in [4.78, 5) is 1.72. The molecule has 0 saturated heterocycles. The van der Waals surface area contributed by atoms with Crippen LogP contribution in [0.2, 0.25) is 0 Å². The van der Waals surface area contributed by atoms with Crippen LogP contribution in [0.15, 0.2) is 60.7 Å². The quantitative estimate of drug-likeness (QED) is 0.724. The molecule has 0 spiro atoms. The first-order valence-corrected chi connectivity index (χ1v) is 7.64. The summed E-state index contributed by atoms with van der Waals surface area (Å²) in [6, 6.07) is 21.6. The molecule has 2 aromatic carbocycles. The fourth-order valence-corrected chi connectivity index (χ4v) is 2.92. The van der Waals surface area contributed by atoms with E-state index < -0.39 is 0 Å². The van der Waals surface area contributed by atoms with Crippen molar-refractivity contribution in [2.75, 3.05) is 5.73 Å². The molecule has 4 heteroatoms. The van der Waals surface area contributed by atoms with Gasteiger partial charge in [0.15, 0.2) is 0 Å². The molecule has 3 rings (SSSR count). The zero-order valence-corrected chi connectivity index (χ0v) is 12.6. The summed E-state index contributed by atoms with van der Waals surface area (Å²) >= 11 is 1.45. The van der Waals surface area contributed by atoms with Gasteiger partial charge in [-0.15, -0.1) is 11.3 Å². The number of hydrogen-bond donors (Lipinski definition) is 1. The predicted molar refractivity (Wildman–Crippen MR) is 89.7 cm³/mol. The van der Waals surface area contributed by atoms with E-state index in [0.717, 1.165) is 16.0 Å². The first kappa shape index (κ1) is 14.2. The van der Waals surface area contributed by atoms with Gasteiger partial charge < -0.3 is 10.5 Å². The number of hydrogen-bond acceptors (Lipinski definition) is 4. The van der Waals surface area contributed by atoms with Crippen LogP contribution >= 0.6 is 11.3 Å². The molecule has 0 aliphatic rings. The Morgan fingerprint density at radius 2 is 1.86 bits per heavy atom. The number of nitrogen functional groups attached to an aromatic ring is 1. The second-order valence-corrected chi connectivity index (χ2v) is 5.89. The predicted octanol–water partition coefficient (Wildman–Crippen LogP) is 4.45. The molecule has 0 saturated carbocycles. The Morgan fingerprint density at radius 1 is 1.05 bits per heavy atom. The molecule has 0 fully saturated rings. The van der Waals surface area contributed by atoms with E-state index in [1.165, 1.54) is 11.3 Å². The lowest BCUT2D eigenvalue weighted by Crippen LogP contribution is -1.98. The van der Waals surface area contributed by atoms with E-state index in [9.17, 15) is 0 Å². The normalized spacial score (nSPS) is 10.1. The molecule has 0 aliphatic carbocycles. The highest BCUT2D eigenvalue weighted by atomic mass is 32.1. The zero-order valence-electron chi connectivity index (χ0n) is 11.8. The van der Waals surface area contributed by atoms with Gasteiger partial charge in [-0.2, -0.15) is 5.26 Å². The van der Waals surface area contributed by atoms with Crippen LogP contribution in [0.25, 0.3) is 10.4 Å². The van der Waals surface area contributed by atoms with E-state index in [1.54, 1.807) is 0 Å². The highest BCUT2D eigenvalue weighted by molar-refractivity contribution is 7.16. The number of nitrogens with two attached hydrogens (primary N) is 1. The number of anilines is 1. The standard InChI is InChI=1S/C18H14N2OS/c19-11-15-7-9-18(22-15)14-6-8-17(16(20)10-14)21-12-13-4-2-1-3-5-13/h1-10H,12,20H2. The van der Waals surface area contributed by atoms with Crippen LogP contribution in [0.4, 0.5) is 5.69 Å². The Bertz CT molecular complexity index is 819. The second-order valence-electron chi connectivity index (χ2n) is 4.80. The average molecular weight is 306 g/mol. The molecule has 22 heavy (non-hydrogen) atoms. The Morgan fingerprint density at radius 3 is 2.55 bits per heavy atom. The van der Waals surface area contributed by atoms with E-state index in [1.807, 2.05) is 60.7 Å². The first-order chi connectivity index (χ1) is 10.8. The summed E-state index contributed by atoms with van der Waals surface area (Å²) in [6.07, 6.45) is 0. The van der Waals surface area contributed by atoms with Gasteiger partial charge in [-0.05, 0) is 41.5 Å². The van der Waals surface area contributed by atoms with E-state index in [2.05, 4.69) is 6.07 Å². The molecule has 0 atom stereocenters. The summed E-state index contributed by atoms with van der Waals surface area (Å²) in [6.45, 7) is 0.488. The Balaban J connectivity index is 1.76. The SMILES string of the molecule is N#Cc1ccc(-c2ccc(OCc3ccccc3)c(N)c2)s1. The molecular formula is C18H14N2OS. The number of nitriles is 1. The van der Waals surface area contributed by atoms with Crippen molar-refractivity contribution in [1.29, 1.82) is 5.26 Å². The van der Waals surface area contributed by atoms with Gasteiger partial charge in [-0.1, -0.05) is 30.3 Å². The lowest BCUT2D eigenvalue weighted by Gasteiger charge is -2.10. The summed E-state index contributed by atoms with van der Waals surface area (Å²) in [5.41, 5.74) is 8.77. The minimum Gasteiger partial charge on any atom is -0.487 e. The smallest absolute Gasteiger partial charge is 0.142 e. The number of thiophene rings is 1. The zero-order chi connectivity index (χ0) is 15.4. The largest absolute Gasteiger partial charge is 0.487 e. The second kappa shape index (κ2) is 6.33. The third kappa shape index (κ3) is 3.11. The van der Waals surface area contributed by atoms with E-state index in [4.69, 9.17) is 15.7 Å². The summed E-state index contributed by atoms with van der Waals surface area (Å²) in [5.74, 6) is 0.671. The molecule has 2 N–H and O–H groups in total. The van der Waals surface area contributed by atoms with Crippen molar-refractivity contribution < 1.29 is 4.74 Å². The number of ether oxygens (including phenoxy) is 1. The summed E-state index contributed by atoms with van der Waals surface area (Å²) in [5, 5.41) is 8.89. The van der Waals surface area contributed by atoms with Crippen molar-refractivity contribution in [3.05, 3.63) is 71.1 Å². The minimum atomic E-state index is 0.488. The lowest BCUT2D eigenvalue weighted by molar-refractivity contribution is 0.308. The molecule has 3 nitrogen and oxygen atoms in total. The van der Waals surface area contributed by atoms with Gasteiger partial charge in [-0.3, -0.25) is 0 Å². The molecule has 0 aliphatic heterocycles. The third-order valence-electron chi connectivity index (χ3n) is 3.25. The van der Waals surface area contributed by atoms with E-state index in [-0.39, 0.29) is 0 Å². The van der Waals surface area contributed by atoms with Gasteiger partial charge in [0.1, 0.15) is 23.3 Å². The molecule has 1 aromatic heterocycles. The van der Waals surface area contributed by atoms with Crippen molar-refractivity contribution in [3.8, 4) is 22.3 Å². The van der Waals surface area contributed by atoms with Gasteiger partial charge in [-0.25, -0.2) is 0 Å². The molecule has 3 aromatic rings. The molecular weight excluding hydrogens is 292 g/mol. The summed E-state index contributed by atoms with van der Waals surface area (Å²) < 4.78 is 5.77. The number of nitrogens with zero attached hydrogens (tertiary/aromatic N) is 1. The minimum absolute atomic E-state index is 0.488. The van der Waals surface area contributed by atoms with Crippen molar-refractivity contribution in [2.24, 2.45) is 0 Å². The van der Waals surface area contributed by atoms with E-state index in [0.29, 0.717) is 22.9 Å². The molecule has 0 bridgehead atoms. The maximum absolute atomic E-state index is 8.89. The topological polar surface area (TPSA) is 59.0 Å². The van der Waals surface area contributed by atoms with Crippen LogP contribution in [-0.4, -0.2) is 0 Å². The van der Waals surface area contributed by atoms with Crippen LogP contribution in [0, 0.1) is 11.3 Å². The van der Waals surface area contributed by atoms with Crippen LogP contribution in [0.3, 0.4) is 0 Å². The first-order valence-electron chi connectivity index (χ1n) is 6.83. The number of rotatable bonds is 4. The van der Waals surface area contributed by atoms with Crippen LogP contribution in [0.1, 0.15) is 10.4 Å². The average Bonchev–Trinajstić information content (AvgIpc) is 3.04. The molecule has 0 unspecified atom stereocenters. The van der Waals surface area contributed by atoms with Crippen LogP contribution < -0.4 is 10.5 Å². The summed E-state index contributed by atoms with van der Waals surface area (Å²) in [7, 11) is 0. The third-order valence-corrected chi connectivity index (χ3v) is 4.29. The van der Waals surface area contributed by atoms with Gasteiger partial charge in [0.2, 0.25) is 0 Å². The monoisotopic (exact) mass is 306 g/mol. The number of benzene rings is 2. The Hall–Kier alpha value is -2.77. The van der Waals surface area contributed by atoms with Gasteiger partial charge in [0, 0.05) is 4.88 Å². The van der Waals surface area contributed by atoms with Crippen molar-refractivity contribution in [3.63, 3.8) is 0 Å². The van der Waals surface area contributed by atoms with Gasteiger partial charge >= 0.3 is 0 Å². The van der Waals surface area contributed by atoms with Crippen LogP contribution in [0.5, 0.6) is 5.75 Å². The maximum Gasteiger partial charge on any atom is 0.142 e. The van der Waals surface area contributed by atoms with Gasteiger partial charge in [0.25, 0.3) is 0 Å². The van der Waals surface area contributed by atoms with Crippen LogP contribution in [-0.2, 0) is 6.61 Å². The fraction of sp³-hybridized carbons (Fsp3) is 0.0556. The molecule has 0 radical (unpaired) electrons. The fourth-order valence-electron chi connectivity index (χ4n) is 2.12.